The molecule has 2 aromatic rings. The summed E-state index contributed by atoms with van der Waals surface area (Å²) < 4.78 is 30.9. The van der Waals surface area contributed by atoms with Gasteiger partial charge in [0.05, 0.1) is 0 Å². The number of halogens is 2. The Kier molecular flexibility index (Phi) is 3.07. The summed E-state index contributed by atoms with van der Waals surface area (Å²) in [5.74, 6) is -1.55. The van der Waals surface area contributed by atoms with Gasteiger partial charge in [-0.25, -0.2) is 8.78 Å². The van der Waals surface area contributed by atoms with E-state index >= 15 is 0 Å². The Morgan fingerprint density at radius 2 is 2.12 bits per heavy atom. The van der Waals surface area contributed by atoms with Gasteiger partial charge in [-0.05, 0) is 12.1 Å². The predicted molar refractivity (Wildman–Crippen MR) is 54.2 cm³/mol. The molecule has 0 saturated heterocycles. The highest BCUT2D eigenvalue weighted by Crippen LogP contribution is 2.27. The van der Waals surface area contributed by atoms with Crippen molar-refractivity contribution in [3.63, 3.8) is 0 Å². The topological polar surface area (TPSA) is 61.0 Å². The van der Waals surface area contributed by atoms with Crippen molar-refractivity contribution >= 4 is 11.3 Å². The zero-order chi connectivity index (χ0) is 11.5. The Hall–Kier alpha value is -1.60. The average Bonchev–Trinajstić information content (AvgIpc) is 2.70. The first-order valence-electron chi connectivity index (χ1n) is 4.34. The molecule has 2 rings (SSSR count). The molecule has 0 saturated carbocycles. The Labute approximate surface area is 93.7 Å². The molecule has 7 heteroatoms. The zero-order valence-corrected chi connectivity index (χ0v) is 8.80. The summed E-state index contributed by atoms with van der Waals surface area (Å²) in [7, 11) is 0. The summed E-state index contributed by atoms with van der Waals surface area (Å²) >= 11 is 1.11. The Morgan fingerprint density at radius 1 is 1.31 bits per heavy atom. The van der Waals surface area contributed by atoms with E-state index in [2.05, 4.69) is 10.2 Å². The number of benzene rings is 1. The van der Waals surface area contributed by atoms with Gasteiger partial charge in [-0.15, -0.1) is 5.10 Å². The maximum absolute atomic E-state index is 13.2. The fraction of sp³-hybridized carbons (Fsp3) is 0.111. The molecule has 0 aliphatic heterocycles. The van der Waals surface area contributed by atoms with Gasteiger partial charge in [-0.1, -0.05) is 16.4 Å². The van der Waals surface area contributed by atoms with Crippen molar-refractivity contribution < 1.29 is 13.5 Å². The van der Waals surface area contributed by atoms with E-state index < -0.39 is 11.6 Å². The lowest BCUT2D eigenvalue weighted by atomic mass is 10.3. The standard InChI is InChI=1S/C9H7F2N3OS/c10-5-1-2-7(6(11)3-5)15-9-14-13-8(4-12)16-9/h1-3H,4,12H2. The van der Waals surface area contributed by atoms with Gasteiger partial charge in [0.2, 0.25) is 0 Å². The maximum Gasteiger partial charge on any atom is 0.299 e. The van der Waals surface area contributed by atoms with Crippen LogP contribution in [0.25, 0.3) is 0 Å². The molecule has 1 heterocycles. The molecule has 0 aliphatic rings. The molecule has 0 fully saturated rings. The summed E-state index contributed by atoms with van der Waals surface area (Å²) in [5.41, 5.74) is 5.34. The highest BCUT2D eigenvalue weighted by molar-refractivity contribution is 7.13. The maximum atomic E-state index is 13.2. The van der Waals surface area contributed by atoms with E-state index in [0.29, 0.717) is 5.01 Å². The van der Waals surface area contributed by atoms with Crippen LogP contribution in [0.3, 0.4) is 0 Å². The molecular weight excluding hydrogens is 236 g/mol. The van der Waals surface area contributed by atoms with Crippen LogP contribution in [0.4, 0.5) is 8.78 Å². The number of rotatable bonds is 3. The second-order valence-electron chi connectivity index (χ2n) is 2.84. The van der Waals surface area contributed by atoms with Crippen molar-refractivity contribution in [3.8, 4) is 10.9 Å². The van der Waals surface area contributed by atoms with Crippen molar-refractivity contribution in [2.24, 2.45) is 5.73 Å². The summed E-state index contributed by atoms with van der Waals surface area (Å²) in [4.78, 5) is 0. The van der Waals surface area contributed by atoms with Gasteiger partial charge in [0.15, 0.2) is 11.6 Å². The van der Waals surface area contributed by atoms with Crippen LogP contribution in [-0.2, 0) is 6.54 Å². The predicted octanol–water partition coefficient (Wildman–Crippen LogP) is 2.07. The summed E-state index contributed by atoms with van der Waals surface area (Å²) in [5, 5.41) is 8.11. The molecule has 0 spiro atoms. The van der Waals surface area contributed by atoms with E-state index in [9.17, 15) is 8.78 Å². The third-order valence-electron chi connectivity index (χ3n) is 1.71. The van der Waals surface area contributed by atoms with E-state index in [1.807, 2.05) is 0 Å². The molecule has 16 heavy (non-hydrogen) atoms. The van der Waals surface area contributed by atoms with Crippen LogP contribution < -0.4 is 10.5 Å². The zero-order valence-electron chi connectivity index (χ0n) is 7.98. The molecule has 0 atom stereocenters. The SMILES string of the molecule is NCc1nnc(Oc2ccc(F)cc2F)s1. The highest BCUT2D eigenvalue weighted by Gasteiger charge is 2.09. The molecule has 0 radical (unpaired) electrons. The minimum absolute atomic E-state index is 0.0962. The smallest absolute Gasteiger partial charge is 0.299 e. The Balaban J connectivity index is 2.20. The van der Waals surface area contributed by atoms with Crippen LogP contribution in [0.1, 0.15) is 5.01 Å². The first kappa shape index (κ1) is 10.9. The molecule has 4 nitrogen and oxygen atoms in total. The molecule has 0 amide bonds. The van der Waals surface area contributed by atoms with Gasteiger partial charge in [0, 0.05) is 12.6 Å². The second kappa shape index (κ2) is 4.50. The van der Waals surface area contributed by atoms with Crippen molar-refractivity contribution in [2.45, 2.75) is 6.54 Å². The van der Waals surface area contributed by atoms with Crippen LogP contribution in [0, 0.1) is 11.6 Å². The van der Waals surface area contributed by atoms with Crippen molar-refractivity contribution in [2.75, 3.05) is 0 Å². The third-order valence-corrected chi connectivity index (χ3v) is 2.54. The van der Waals surface area contributed by atoms with Crippen LogP contribution in [0.5, 0.6) is 10.9 Å². The molecule has 0 aliphatic carbocycles. The number of nitrogens with zero attached hydrogens (tertiary/aromatic N) is 2. The Morgan fingerprint density at radius 3 is 2.75 bits per heavy atom. The first-order valence-corrected chi connectivity index (χ1v) is 5.16. The second-order valence-corrected chi connectivity index (χ2v) is 3.87. The van der Waals surface area contributed by atoms with E-state index in [0.717, 1.165) is 23.5 Å². The normalized spacial score (nSPS) is 10.4. The third kappa shape index (κ3) is 2.31. The average molecular weight is 243 g/mol. The molecule has 0 unspecified atom stereocenters. The summed E-state index contributed by atoms with van der Waals surface area (Å²) in [6.07, 6.45) is 0. The monoisotopic (exact) mass is 243 g/mol. The Bertz CT molecular complexity index is 503. The van der Waals surface area contributed by atoms with E-state index in [-0.39, 0.29) is 17.5 Å². The van der Waals surface area contributed by atoms with Crippen LogP contribution in [0.2, 0.25) is 0 Å². The van der Waals surface area contributed by atoms with Crippen molar-refractivity contribution in [1.82, 2.24) is 10.2 Å². The quantitative estimate of drug-likeness (QED) is 0.896. The van der Waals surface area contributed by atoms with Gasteiger partial charge in [0.25, 0.3) is 5.19 Å². The lowest BCUT2D eigenvalue weighted by Crippen LogP contribution is -1.94. The molecule has 0 bridgehead atoms. The minimum atomic E-state index is -0.788. The van der Waals surface area contributed by atoms with Gasteiger partial charge in [-0.2, -0.15) is 0 Å². The van der Waals surface area contributed by atoms with Gasteiger partial charge in [-0.3, -0.25) is 0 Å². The lowest BCUT2D eigenvalue weighted by molar-refractivity contribution is 0.431. The number of ether oxygens (including phenoxy) is 1. The van der Waals surface area contributed by atoms with Crippen molar-refractivity contribution in [3.05, 3.63) is 34.8 Å². The number of hydrogen-bond donors (Lipinski definition) is 1. The molecule has 1 aromatic heterocycles. The highest BCUT2D eigenvalue weighted by atomic mass is 32.1. The van der Waals surface area contributed by atoms with E-state index in [4.69, 9.17) is 10.5 Å². The van der Waals surface area contributed by atoms with Crippen LogP contribution in [-0.4, -0.2) is 10.2 Å². The van der Waals surface area contributed by atoms with Crippen molar-refractivity contribution in [1.29, 1.82) is 0 Å². The number of hydrogen-bond acceptors (Lipinski definition) is 5. The number of aromatic nitrogens is 2. The van der Waals surface area contributed by atoms with Crippen LogP contribution >= 0.6 is 11.3 Å². The first-order chi connectivity index (χ1) is 7.69. The van der Waals surface area contributed by atoms with E-state index in [1.54, 1.807) is 0 Å². The molecule has 2 N–H and O–H groups in total. The fourth-order valence-corrected chi connectivity index (χ4v) is 1.59. The van der Waals surface area contributed by atoms with E-state index in [1.165, 1.54) is 6.07 Å². The fourth-order valence-electron chi connectivity index (χ4n) is 1.01. The molecular formula is C9H7F2N3OS. The lowest BCUT2D eigenvalue weighted by Gasteiger charge is -2.01. The van der Waals surface area contributed by atoms with Crippen LogP contribution in [0.15, 0.2) is 18.2 Å². The minimum Gasteiger partial charge on any atom is -0.427 e. The summed E-state index contributed by atoms with van der Waals surface area (Å²) in [6.45, 7) is 0.243. The largest absolute Gasteiger partial charge is 0.427 e. The van der Waals surface area contributed by atoms with Gasteiger partial charge >= 0.3 is 0 Å². The summed E-state index contributed by atoms with van der Waals surface area (Å²) in [6, 6.07) is 3.03. The van der Waals surface area contributed by atoms with Gasteiger partial charge in [0.1, 0.15) is 10.8 Å². The molecule has 1 aromatic carbocycles. The molecule has 84 valence electrons. The number of nitrogens with two attached hydrogens (primary N) is 1. The van der Waals surface area contributed by atoms with Gasteiger partial charge < -0.3 is 10.5 Å².